The Morgan fingerprint density at radius 2 is 2.10 bits per heavy atom. The molecule has 2 aromatic heterocycles. The lowest BCUT2D eigenvalue weighted by Gasteiger charge is -2.30. The van der Waals surface area contributed by atoms with Crippen LogP contribution in [0.4, 0.5) is 0 Å². The third kappa shape index (κ3) is 3.26. The minimum absolute atomic E-state index is 0.0886. The Balaban J connectivity index is 1.79. The Bertz CT molecular complexity index is 692. The van der Waals surface area contributed by atoms with E-state index in [1.165, 1.54) is 4.40 Å². The first-order valence-corrected chi connectivity index (χ1v) is 7.64. The zero-order valence-corrected chi connectivity index (χ0v) is 12.6. The second-order valence-electron chi connectivity index (χ2n) is 5.62. The van der Waals surface area contributed by atoms with E-state index in [-0.39, 0.29) is 5.56 Å². The maximum Gasteiger partial charge on any atom is 0.258 e. The van der Waals surface area contributed by atoms with E-state index >= 15 is 0 Å². The quantitative estimate of drug-likeness (QED) is 0.934. The van der Waals surface area contributed by atoms with Gasteiger partial charge in [-0.25, -0.2) is 4.98 Å². The van der Waals surface area contributed by atoms with Gasteiger partial charge in [-0.1, -0.05) is 11.6 Å². The molecule has 0 bridgehead atoms. The zero-order chi connectivity index (χ0) is 14.8. The summed E-state index contributed by atoms with van der Waals surface area (Å²) in [6, 6.07) is 5.12. The van der Waals surface area contributed by atoms with E-state index in [0.717, 1.165) is 38.2 Å². The third-order valence-electron chi connectivity index (χ3n) is 4.10. The van der Waals surface area contributed by atoms with E-state index in [1.807, 2.05) is 0 Å². The largest absolute Gasteiger partial charge is 0.330 e. The normalized spacial score (nSPS) is 17.4. The van der Waals surface area contributed by atoms with E-state index in [2.05, 4.69) is 9.88 Å². The van der Waals surface area contributed by atoms with Gasteiger partial charge in [0.25, 0.3) is 5.56 Å². The van der Waals surface area contributed by atoms with Gasteiger partial charge in [0.2, 0.25) is 0 Å². The molecular formula is C15H19ClN4O. The van der Waals surface area contributed by atoms with Crippen LogP contribution in [0.3, 0.4) is 0 Å². The Morgan fingerprint density at radius 3 is 2.81 bits per heavy atom. The summed E-state index contributed by atoms with van der Waals surface area (Å²) in [5.41, 5.74) is 7.07. The van der Waals surface area contributed by atoms with Crippen LogP contribution in [0.1, 0.15) is 18.5 Å². The fourth-order valence-corrected chi connectivity index (χ4v) is 2.98. The van der Waals surface area contributed by atoms with Crippen LogP contribution in [-0.2, 0) is 6.54 Å². The van der Waals surface area contributed by atoms with Crippen LogP contribution in [0.5, 0.6) is 0 Å². The van der Waals surface area contributed by atoms with Crippen LogP contribution in [0.25, 0.3) is 5.65 Å². The Kier molecular flexibility index (Phi) is 4.24. The highest BCUT2D eigenvalue weighted by atomic mass is 35.5. The van der Waals surface area contributed by atoms with Crippen molar-refractivity contribution in [1.29, 1.82) is 0 Å². The van der Waals surface area contributed by atoms with Crippen molar-refractivity contribution in [3.8, 4) is 0 Å². The fourth-order valence-electron chi connectivity index (χ4n) is 2.82. The average Bonchev–Trinajstić information content (AvgIpc) is 2.49. The topological polar surface area (TPSA) is 63.6 Å². The number of pyridine rings is 1. The smallest absolute Gasteiger partial charge is 0.258 e. The predicted octanol–water partition coefficient (Wildman–Crippen LogP) is 1.52. The Labute approximate surface area is 128 Å². The minimum Gasteiger partial charge on any atom is -0.330 e. The maximum absolute atomic E-state index is 12.1. The average molecular weight is 307 g/mol. The number of hydrogen-bond acceptors (Lipinski definition) is 4. The van der Waals surface area contributed by atoms with Crippen molar-refractivity contribution in [2.75, 3.05) is 19.6 Å². The molecule has 2 aromatic rings. The number of nitrogens with zero attached hydrogens (tertiary/aromatic N) is 3. The standard InChI is InChI=1S/C15H19ClN4O/c16-12-1-2-14-18-13(7-15(21)20(14)9-12)10-19-5-3-11(8-17)4-6-19/h1-2,7,9,11H,3-6,8,10,17H2. The van der Waals surface area contributed by atoms with Crippen molar-refractivity contribution in [2.24, 2.45) is 11.7 Å². The number of fused-ring (bicyclic) bond motifs is 1. The molecule has 0 amide bonds. The van der Waals surface area contributed by atoms with Crippen molar-refractivity contribution in [3.63, 3.8) is 0 Å². The summed E-state index contributed by atoms with van der Waals surface area (Å²) in [5.74, 6) is 0.638. The molecule has 5 nitrogen and oxygen atoms in total. The minimum atomic E-state index is -0.0886. The van der Waals surface area contributed by atoms with Gasteiger partial charge in [0.15, 0.2) is 0 Å². The zero-order valence-electron chi connectivity index (χ0n) is 11.8. The van der Waals surface area contributed by atoms with E-state index in [1.54, 1.807) is 24.4 Å². The monoisotopic (exact) mass is 306 g/mol. The molecule has 0 aromatic carbocycles. The van der Waals surface area contributed by atoms with Gasteiger partial charge in [0.05, 0.1) is 10.7 Å². The molecule has 0 radical (unpaired) electrons. The van der Waals surface area contributed by atoms with E-state index in [9.17, 15) is 4.79 Å². The lowest BCUT2D eigenvalue weighted by Crippen LogP contribution is -2.36. The van der Waals surface area contributed by atoms with Crippen LogP contribution >= 0.6 is 11.6 Å². The van der Waals surface area contributed by atoms with E-state index in [0.29, 0.717) is 23.1 Å². The van der Waals surface area contributed by atoms with Crippen molar-refractivity contribution >= 4 is 17.2 Å². The van der Waals surface area contributed by atoms with Crippen LogP contribution in [0.15, 0.2) is 29.2 Å². The van der Waals surface area contributed by atoms with E-state index < -0.39 is 0 Å². The molecule has 0 saturated carbocycles. The van der Waals surface area contributed by atoms with Crippen LogP contribution < -0.4 is 11.3 Å². The second kappa shape index (κ2) is 6.13. The van der Waals surface area contributed by atoms with Crippen molar-refractivity contribution < 1.29 is 0 Å². The number of rotatable bonds is 3. The summed E-state index contributed by atoms with van der Waals surface area (Å²) in [6.45, 7) is 3.52. The molecule has 112 valence electrons. The van der Waals surface area contributed by atoms with E-state index in [4.69, 9.17) is 17.3 Å². The molecule has 1 aliphatic rings. The van der Waals surface area contributed by atoms with Crippen molar-refractivity contribution in [1.82, 2.24) is 14.3 Å². The highest BCUT2D eigenvalue weighted by molar-refractivity contribution is 6.30. The van der Waals surface area contributed by atoms with Gasteiger partial charge < -0.3 is 5.73 Å². The van der Waals surface area contributed by atoms with Gasteiger partial charge in [-0.15, -0.1) is 0 Å². The molecule has 0 atom stereocenters. The van der Waals surface area contributed by atoms with Gasteiger partial charge >= 0.3 is 0 Å². The van der Waals surface area contributed by atoms with Gasteiger partial charge in [0, 0.05) is 18.8 Å². The lowest BCUT2D eigenvalue weighted by atomic mass is 9.97. The van der Waals surface area contributed by atoms with Crippen LogP contribution in [0.2, 0.25) is 5.02 Å². The number of nitrogens with two attached hydrogens (primary N) is 1. The van der Waals surface area contributed by atoms with Crippen molar-refractivity contribution in [2.45, 2.75) is 19.4 Å². The van der Waals surface area contributed by atoms with Crippen molar-refractivity contribution in [3.05, 3.63) is 45.5 Å². The second-order valence-corrected chi connectivity index (χ2v) is 6.05. The third-order valence-corrected chi connectivity index (χ3v) is 4.33. The molecule has 6 heteroatoms. The summed E-state index contributed by atoms with van der Waals surface area (Å²) in [7, 11) is 0. The molecule has 0 aliphatic carbocycles. The molecule has 1 fully saturated rings. The Morgan fingerprint density at radius 1 is 1.33 bits per heavy atom. The first-order valence-electron chi connectivity index (χ1n) is 7.26. The highest BCUT2D eigenvalue weighted by Crippen LogP contribution is 2.17. The summed E-state index contributed by atoms with van der Waals surface area (Å²) >= 11 is 5.91. The molecule has 2 N–H and O–H groups in total. The number of hydrogen-bond donors (Lipinski definition) is 1. The molecule has 3 heterocycles. The summed E-state index contributed by atoms with van der Waals surface area (Å²) < 4.78 is 1.48. The molecule has 1 saturated heterocycles. The molecule has 1 aliphatic heterocycles. The highest BCUT2D eigenvalue weighted by Gasteiger charge is 2.18. The fraction of sp³-hybridized carbons (Fsp3) is 0.467. The number of piperidine rings is 1. The van der Waals surface area contributed by atoms with Gasteiger partial charge in [0.1, 0.15) is 5.65 Å². The summed E-state index contributed by atoms with van der Waals surface area (Å²) in [5, 5.41) is 0.531. The molecule has 21 heavy (non-hydrogen) atoms. The van der Waals surface area contributed by atoms with Crippen LogP contribution in [-0.4, -0.2) is 33.9 Å². The Hall–Kier alpha value is -1.43. The molecule has 3 rings (SSSR count). The number of aromatic nitrogens is 2. The predicted molar refractivity (Wildman–Crippen MR) is 83.5 cm³/mol. The SMILES string of the molecule is NCC1CCN(Cc2cc(=O)n3cc(Cl)ccc3n2)CC1. The van der Waals surface area contributed by atoms with Gasteiger partial charge in [-0.05, 0) is 50.5 Å². The van der Waals surface area contributed by atoms with Gasteiger partial charge in [-0.3, -0.25) is 14.1 Å². The van der Waals surface area contributed by atoms with Crippen LogP contribution in [0, 0.1) is 5.92 Å². The summed E-state index contributed by atoms with van der Waals surface area (Å²) in [6.07, 6.45) is 3.85. The lowest BCUT2D eigenvalue weighted by molar-refractivity contribution is 0.179. The molecular weight excluding hydrogens is 288 g/mol. The summed E-state index contributed by atoms with van der Waals surface area (Å²) in [4.78, 5) is 19.0. The van der Waals surface area contributed by atoms with Gasteiger partial charge in [-0.2, -0.15) is 0 Å². The molecule has 0 unspecified atom stereocenters. The maximum atomic E-state index is 12.1. The number of halogens is 1. The number of likely N-dealkylation sites (tertiary alicyclic amines) is 1. The molecule has 0 spiro atoms. The first-order chi connectivity index (χ1) is 10.2. The first kappa shape index (κ1) is 14.5.